The lowest BCUT2D eigenvalue weighted by Crippen LogP contribution is -2.01. The van der Waals surface area contributed by atoms with Crippen molar-refractivity contribution in [1.82, 2.24) is 4.98 Å². The lowest BCUT2D eigenvalue weighted by atomic mass is 10.2. The number of aromatic nitrogens is 1. The van der Waals surface area contributed by atoms with E-state index in [2.05, 4.69) is 20.9 Å². The third kappa shape index (κ3) is 1.88. The summed E-state index contributed by atoms with van der Waals surface area (Å²) in [6.45, 7) is 0. The molecule has 13 heavy (non-hydrogen) atoms. The summed E-state index contributed by atoms with van der Waals surface area (Å²) in [5, 5.41) is 0. The van der Waals surface area contributed by atoms with Crippen LogP contribution in [0.1, 0.15) is 12.0 Å². The predicted octanol–water partition coefficient (Wildman–Crippen LogP) is 2.37. The SMILES string of the molecule is COc1cnc(Br)c(N)c1C(F)F. The zero-order valence-corrected chi connectivity index (χ0v) is 8.31. The summed E-state index contributed by atoms with van der Waals surface area (Å²) in [5.74, 6) is -0.00398. The number of methoxy groups -OCH3 is 1. The molecule has 0 aliphatic carbocycles. The molecule has 0 atom stereocenters. The topological polar surface area (TPSA) is 48.1 Å². The fourth-order valence-electron chi connectivity index (χ4n) is 0.886. The van der Waals surface area contributed by atoms with E-state index in [9.17, 15) is 8.78 Å². The van der Waals surface area contributed by atoms with Gasteiger partial charge in [-0.1, -0.05) is 0 Å². The fourth-order valence-corrected chi connectivity index (χ4v) is 1.20. The van der Waals surface area contributed by atoms with Gasteiger partial charge in [0.15, 0.2) is 0 Å². The molecule has 0 aromatic carbocycles. The van der Waals surface area contributed by atoms with E-state index in [1.807, 2.05) is 0 Å². The molecule has 3 nitrogen and oxygen atoms in total. The smallest absolute Gasteiger partial charge is 0.269 e. The zero-order chi connectivity index (χ0) is 10.0. The normalized spacial score (nSPS) is 10.5. The third-order valence-corrected chi connectivity index (χ3v) is 2.14. The van der Waals surface area contributed by atoms with Crippen LogP contribution in [0.15, 0.2) is 10.8 Å². The molecule has 0 saturated carbocycles. The third-order valence-electron chi connectivity index (χ3n) is 1.51. The molecule has 6 heteroatoms. The first-order chi connectivity index (χ1) is 6.07. The first-order valence-corrected chi connectivity index (χ1v) is 4.13. The quantitative estimate of drug-likeness (QED) is 0.823. The number of nitrogens with two attached hydrogens (primary N) is 1. The summed E-state index contributed by atoms with van der Waals surface area (Å²) in [6.07, 6.45) is -1.48. The molecule has 0 aliphatic rings. The molecule has 0 spiro atoms. The number of rotatable bonds is 2. The molecule has 0 fully saturated rings. The van der Waals surface area contributed by atoms with E-state index < -0.39 is 6.43 Å². The Morgan fingerprint density at radius 2 is 2.23 bits per heavy atom. The lowest BCUT2D eigenvalue weighted by Gasteiger charge is -2.10. The van der Waals surface area contributed by atoms with E-state index in [-0.39, 0.29) is 21.6 Å². The molecule has 1 aromatic rings. The average molecular weight is 253 g/mol. The second-order valence-corrected chi connectivity index (χ2v) is 3.00. The van der Waals surface area contributed by atoms with Crippen molar-refractivity contribution in [1.29, 1.82) is 0 Å². The van der Waals surface area contributed by atoms with Crippen LogP contribution in [0.5, 0.6) is 5.75 Å². The van der Waals surface area contributed by atoms with E-state index in [4.69, 9.17) is 10.5 Å². The summed E-state index contributed by atoms with van der Waals surface area (Å²) < 4.78 is 29.8. The monoisotopic (exact) mass is 252 g/mol. The Labute approximate surface area is 82.0 Å². The van der Waals surface area contributed by atoms with Gasteiger partial charge < -0.3 is 10.5 Å². The standard InChI is InChI=1S/C7H7BrF2N2O/c1-13-3-2-12-6(8)5(11)4(3)7(9)10/h2,7H,11H2,1H3. The van der Waals surface area contributed by atoms with Gasteiger partial charge in [0.25, 0.3) is 6.43 Å². The highest BCUT2D eigenvalue weighted by Gasteiger charge is 2.19. The van der Waals surface area contributed by atoms with Crippen molar-refractivity contribution in [3.05, 3.63) is 16.4 Å². The van der Waals surface area contributed by atoms with Crippen LogP contribution in [-0.4, -0.2) is 12.1 Å². The Morgan fingerprint density at radius 1 is 1.62 bits per heavy atom. The molecule has 0 amide bonds. The van der Waals surface area contributed by atoms with Crippen LogP contribution in [0, 0.1) is 0 Å². The fraction of sp³-hybridized carbons (Fsp3) is 0.286. The van der Waals surface area contributed by atoms with Crippen molar-refractivity contribution in [2.75, 3.05) is 12.8 Å². The number of alkyl halides is 2. The molecule has 1 rings (SSSR count). The van der Waals surface area contributed by atoms with Gasteiger partial charge in [-0.15, -0.1) is 0 Å². The summed E-state index contributed by atoms with van der Waals surface area (Å²) in [6, 6.07) is 0. The van der Waals surface area contributed by atoms with Gasteiger partial charge in [0.05, 0.1) is 24.6 Å². The van der Waals surface area contributed by atoms with Crippen LogP contribution in [0.25, 0.3) is 0 Å². The lowest BCUT2D eigenvalue weighted by molar-refractivity contribution is 0.147. The second kappa shape index (κ2) is 3.87. The van der Waals surface area contributed by atoms with E-state index in [0.29, 0.717) is 0 Å². The van der Waals surface area contributed by atoms with Crippen LogP contribution in [-0.2, 0) is 0 Å². The highest BCUT2D eigenvalue weighted by molar-refractivity contribution is 9.10. The van der Waals surface area contributed by atoms with Gasteiger partial charge in [0, 0.05) is 0 Å². The van der Waals surface area contributed by atoms with Gasteiger partial charge in [0.1, 0.15) is 10.4 Å². The van der Waals surface area contributed by atoms with E-state index in [1.54, 1.807) is 0 Å². The maximum atomic E-state index is 12.4. The molecule has 0 unspecified atom stereocenters. The Kier molecular flexibility index (Phi) is 3.02. The van der Waals surface area contributed by atoms with Crippen molar-refractivity contribution < 1.29 is 13.5 Å². The summed E-state index contributed by atoms with van der Waals surface area (Å²) >= 11 is 2.95. The van der Waals surface area contributed by atoms with Gasteiger partial charge in [0.2, 0.25) is 0 Å². The minimum absolute atomic E-state index is 0.00398. The number of anilines is 1. The average Bonchev–Trinajstić information content (AvgIpc) is 2.08. The maximum absolute atomic E-state index is 12.4. The van der Waals surface area contributed by atoms with Gasteiger partial charge >= 0.3 is 0 Å². The highest BCUT2D eigenvalue weighted by atomic mass is 79.9. The number of pyridine rings is 1. The number of ether oxygens (including phenoxy) is 1. The molecule has 1 aromatic heterocycles. The van der Waals surface area contributed by atoms with Crippen molar-refractivity contribution in [3.8, 4) is 5.75 Å². The second-order valence-electron chi connectivity index (χ2n) is 2.25. The van der Waals surface area contributed by atoms with Crippen LogP contribution >= 0.6 is 15.9 Å². The number of halogens is 3. The van der Waals surface area contributed by atoms with E-state index in [0.717, 1.165) is 0 Å². The van der Waals surface area contributed by atoms with Crippen LogP contribution in [0.4, 0.5) is 14.5 Å². The number of nitrogen functional groups attached to an aromatic ring is 1. The van der Waals surface area contributed by atoms with Gasteiger partial charge in [-0.05, 0) is 15.9 Å². The van der Waals surface area contributed by atoms with Gasteiger partial charge in [-0.2, -0.15) is 0 Å². The summed E-state index contributed by atoms with van der Waals surface area (Å²) in [5.41, 5.74) is 4.97. The highest BCUT2D eigenvalue weighted by Crippen LogP contribution is 2.36. The predicted molar refractivity (Wildman–Crippen MR) is 47.9 cm³/mol. The first kappa shape index (κ1) is 10.2. The van der Waals surface area contributed by atoms with Crippen molar-refractivity contribution in [2.45, 2.75) is 6.43 Å². The molecular weight excluding hydrogens is 246 g/mol. The molecule has 0 radical (unpaired) electrons. The largest absolute Gasteiger partial charge is 0.495 e. The van der Waals surface area contributed by atoms with E-state index in [1.165, 1.54) is 13.3 Å². The molecule has 0 aliphatic heterocycles. The summed E-state index contributed by atoms with van der Waals surface area (Å²) in [4.78, 5) is 3.73. The van der Waals surface area contributed by atoms with Crippen molar-refractivity contribution in [3.63, 3.8) is 0 Å². The number of hydrogen-bond donors (Lipinski definition) is 1. The Morgan fingerprint density at radius 3 is 2.69 bits per heavy atom. The molecule has 1 heterocycles. The van der Waals surface area contributed by atoms with Gasteiger partial charge in [-0.25, -0.2) is 13.8 Å². The summed E-state index contributed by atoms with van der Waals surface area (Å²) in [7, 11) is 1.29. The van der Waals surface area contributed by atoms with Crippen molar-refractivity contribution in [2.24, 2.45) is 0 Å². The molecule has 0 bridgehead atoms. The number of hydrogen-bond acceptors (Lipinski definition) is 3. The first-order valence-electron chi connectivity index (χ1n) is 3.34. The molecular formula is C7H7BrF2N2O. The Bertz CT molecular complexity index is 320. The molecule has 0 saturated heterocycles. The van der Waals surface area contributed by atoms with Crippen LogP contribution in [0.3, 0.4) is 0 Å². The van der Waals surface area contributed by atoms with Crippen LogP contribution < -0.4 is 10.5 Å². The zero-order valence-electron chi connectivity index (χ0n) is 6.72. The minimum Gasteiger partial charge on any atom is -0.495 e. The minimum atomic E-state index is -2.67. The van der Waals surface area contributed by atoms with E-state index >= 15 is 0 Å². The Balaban J connectivity index is 3.32. The number of nitrogens with zero attached hydrogens (tertiary/aromatic N) is 1. The maximum Gasteiger partial charge on any atom is 0.269 e. The Hall–Kier alpha value is -0.910. The molecule has 2 N–H and O–H groups in total. The molecule has 72 valence electrons. The van der Waals surface area contributed by atoms with Gasteiger partial charge in [-0.3, -0.25) is 0 Å². The van der Waals surface area contributed by atoms with Crippen LogP contribution in [0.2, 0.25) is 0 Å². The van der Waals surface area contributed by atoms with Crippen molar-refractivity contribution >= 4 is 21.6 Å².